The van der Waals surface area contributed by atoms with Crippen molar-refractivity contribution < 1.29 is 18.3 Å². The SMILES string of the molecule is CCn1cc(S(=O)(=O)Nc2ccncc2)cc1C(=O)O. The number of aryl methyl sites for hydroxylation is 1. The highest BCUT2D eigenvalue weighted by Crippen LogP contribution is 2.18. The zero-order chi connectivity index (χ0) is 14.8. The van der Waals surface area contributed by atoms with Crippen molar-refractivity contribution in [2.24, 2.45) is 0 Å². The first kappa shape index (κ1) is 14.1. The highest BCUT2D eigenvalue weighted by Gasteiger charge is 2.20. The van der Waals surface area contributed by atoms with Crippen molar-refractivity contribution in [1.29, 1.82) is 0 Å². The van der Waals surface area contributed by atoms with Crippen LogP contribution in [0.5, 0.6) is 0 Å². The molecule has 0 aliphatic heterocycles. The molecule has 0 saturated heterocycles. The normalized spacial score (nSPS) is 11.2. The number of sulfonamides is 1. The lowest BCUT2D eigenvalue weighted by Crippen LogP contribution is -2.12. The number of carboxylic acids is 1. The third-order valence-electron chi connectivity index (χ3n) is 2.67. The van der Waals surface area contributed by atoms with Crippen molar-refractivity contribution in [2.75, 3.05) is 4.72 Å². The van der Waals surface area contributed by atoms with E-state index in [2.05, 4.69) is 9.71 Å². The molecule has 0 amide bonds. The van der Waals surface area contributed by atoms with E-state index >= 15 is 0 Å². The molecule has 2 aromatic rings. The Morgan fingerprint density at radius 1 is 1.40 bits per heavy atom. The highest BCUT2D eigenvalue weighted by molar-refractivity contribution is 7.92. The molecule has 0 atom stereocenters. The van der Waals surface area contributed by atoms with Crippen LogP contribution in [0.3, 0.4) is 0 Å². The maximum absolute atomic E-state index is 12.2. The number of rotatable bonds is 5. The second kappa shape index (κ2) is 5.33. The van der Waals surface area contributed by atoms with Crippen LogP contribution in [-0.2, 0) is 16.6 Å². The molecule has 7 nitrogen and oxygen atoms in total. The van der Waals surface area contributed by atoms with E-state index in [1.807, 2.05) is 0 Å². The summed E-state index contributed by atoms with van der Waals surface area (Å²) in [6.45, 7) is 2.10. The summed E-state index contributed by atoms with van der Waals surface area (Å²) in [7, 11) is -3.82. The van der Waals surface area contributed by atoms with Gasteiger partial charge in [0.25, 0.3) is 10.0 Å². The summed E-state index contributed by atoms with van der Waals surface area (Å²) >= 11 is 0. The topological polar surface area (TPSA) is 101 Å². The average Bonchev–Trinajstić information content (AvgIpc) is 2.84. The Hall–Kier alpha value is -2.35. The number of aromatic carboxylic acids is 1. The molecule has 0 radical (unpaired) electrons. The second-order valence-corrected chi connectivity index (χ2v) is 5.68. The van der Waals surface area contributed by atoms with E-state index in [4.69, 9.17) is 5.11 Å². The summed E-state index contributed by atoms with van der Waals surface area (Å²) < 4.78 is 28.1. The molecule has 8 heteroatoms. The van der Waals surface area contributed by atoms with Gasteiger partial charge in [0.1, 0.15) is 10.6 Å². The number of pyridine rings is 1. The maximum atomic E-state index is 12.2. The molecular weight excluding hydrogens is 282 g/mol. The Morgan fingerprint density at radius 2 is 2.05 bits per heavy atom. The predicted molar refractivity (Wildman–Crippen MR) is 72.1 cm³/mol. The van der Waals surface area contributed by atoms with Crippen LogP contribution in [0.4, 0.5) is 5.69 Å². The maximum Gasteiger partial charge on any atom is 0.352 e. The molecule has 2 rings (SSSR count). The van der Waals surface area contributed by atoms with E-state index in [-0.39, 0.29) is 10.6 Å². The standard InChI is InChI=1S/C12H13N3O4S/c1-2-15-8-10(7-11(15)12(16)17)20(18,19)14-9-3-5-13-6-4-9/h3-8H,2H2,1H3,(H,13,14)(H,16,17). The molecule has 0 fully saturated rings. The molecule has 2 heterocycles. The van der Waals surface area contributed by atoms with Gasteiger partial charge < -0.3 is 9.67 Å². The summed E-state index contributed by atoms with van der Waals surface area (Å²) in [6.07, 6.45) is 4.21. The fourth-order valence-corrected chi connectivity index (χ4v) is 2.80. The first-order chi connectivity index (χ1) is 9.44. The van der Waals surface area contributed by atoms with Gasteiger partial charge in [0, 0.05) is 25.1 Å². The fourth-order valence-electron chi connectivity index (χ4n) is 1.71. The largest absolute Gasteiger partial charge is 0.477 e. The third kappa shape index (κ3) is 2.80. The number of hydrogen-bond acceptors (Lipinski definition) is 4. The third-order valence-corrected chi connectivity index (χ3v) is 4.02. The van der Waals surface area contributed by atoms with Gasteiger partial charge in [0.05, 0.1) is 5.69 Å². The molecule has 0 aromatic carbocycles. The van der Waals surface area contributed by atoms with Gasteiger partial charge in [-0.2, -0.15) is 0 Å². The number of carbonyl (C=O) groups is 1. The van der Waals surface area contributed by atoms with Gasteiger partial charge in [-0.05, 0) is 25.1 Å². The van der Waals surface area contributed by atoms with Crippen LogP contribution in [-0.4, -0.2) is 29.0 Å². The minimum Gasteiger partial charge on any atom is -0.477 e. The number of anilines is 1. The van der Waals surface area contributed by atoms with Crippen molar-refractivity contribution in [3.8, 4) is 0 Å². The Kier molecular flexibility index (Phi) is 3.75. The van der Waals surface area contributed by atoms with Crippen LogP contribution in [0.25, 0.3) is 0 Å². The number of carboxylic acid groups (broad SMARTS) is 1. The van der Waals surface area contributed by atoms with Crippen LogP contribution < -0.4 is 4.72 Å². The molecule has 0 spiro atoms. The van der Waals surface area contributed by atoms with E-state index in [1.165, 1.54) is 35.3 Å². The van der Waals surface area contributed by atoms with Crippen molar-refractivity contribution in [1.82, 2.24) is 9.55 Å². The number of nitrogens with zero attached hydrogens (tertiary/aromatic N) is 2. The first-order valence-corrected chi connectivity index (χ1v) is 7.28. The van der Waals surface area contributed by atoms with E-state index in [9.17, 15) is 13.2 Å². The van der Waals surface area contributed by atoms with E-state index in [0.717, 1.165) is 6.07 Å². The molecule has 2 aromatic heterocycles. The van der Waals surface area contributed by atoms with Crippen LogP contribution in [0.15, 0.2) is 41.7 Å². The van der Waals surface area contributed by atoms with Gasteiger partial charge in [-0.3, -0.25) is 9.71 Å². The van der Waals surface area contributed by atoms with Crippen molar-refractivity contribution in [2.45, 2.75) is 18.4 Å². The van der Waals surface area contributed by atoms with Crippen molar-refractivity contribution in [3.05, 3.63) is 42.5 Å². The summed E-state index contributed by atoms with van der Waals surface area (Å²) in [5.74, 6) is -1.17. The smallest absolute Gasteiger partial charge is 0.352 e. The van der Waals surface area contributed by atoms with Crippen molar-refractivity contribution in [3.63, 3.8) is 0 Å². The monoisotopic (exact) mass is 295 g/mol. The number of hydrogen-bond donors (Lipinski definition) is 2. The minimum absolute atomic E-state index is 0.0670. The molecule has 0 aliphatic rings. The Labute approximate surface area is 115 Å². The number of aromatic nitrogens is 2. The van der Waals surface area contributed by atoms with Gasteiger partial charge in [0.2, 0.25) is 0 Å². The summed E-state index contributed by atoms with van der Waals surface area (Å²) in [5, 5.41) is 9.02. The van der Waals surface area contributed by atoms with Gasteiger partial charge in [-0.1, -0.05) is 0 Å². The van der Waals surface area contributed by atoms with Gasteiger partial charge >= 0.3 is 5.97 Å². The second-order valence-electron chi connectivity index (χ2n) is 3.99. The first-order valence-electron chi connectivity index (χ1n) is 5.80. The molecule has 2 N–H and O–H groups in total. The van der Waals surface area contributed by atoms with Gasteiger partial charge in [0.15, 0.2) is 0 Å². The molecule has 20 heavy (non-hydrogen) atoms. The summed E-state index contributed by atoms with van der Waals surface area (Å²) in [6, 6.07) is 4.15. The minimum atomic E-state index is -3.82. The fraction of sp³-hybridized carbons (Fsp3) is 0.167. The van der Waals surface area contributed by atoms with Crippen LogP contribution >= 0.6 is 0 Å². The average molecular weight is 295 g/mol. The Bertz CT molecular complexity index is 722. The predicted octanol–water partition coefficient (Wildman–Crippen LogP) is 1.40. The van der Waals surface area contributed by atoms with Crippen LogP contribution in [0, 0.1) is 0 Å². The quantitative estimate of drug-likeness (QED) is 0.868. The van der Waals surface area contributed by atoms with E-state index < -0.39 is 16.0 Å². The summed E-state index contributed by atoms with van der Waals surface area (Å²) in [5.41, 5.74) is 0.295. The highest BCUT2D eigenvalue weighted by atomic mass is 32.2. The molecule has 0 aliphatic carbocycles. The van der Waals surface area contributed by atoms with E-state index in [0.29, 0.717) is 12.2 Å². The lowest BCUT2D eigenvalue weighted by atomic mass is 10.4. The van der Waals surface area contributed by atoms with E-state index in [1.54, 1.807) is 6.92 Å². The molecule has 0 unspecified atom stereocenters. The molecule has 0 bridgehead atoms. The molecule has 0 saturated carbocycles. The van der Waals surface area contributed by atoms with Crippen molar-refractivity contribution >= 4 is 21.7 Å². The lowest BCUT2D eigenvalue weighted by Gasteiger charge is -2.05. The van der Waals surface area contributed by atoms with Crippen LogP contribution in [0.1, 0.15) is 17.4 Å². The Balaban J connectivity index is 2.37. The molecule has 106 valence electrons. The molecular formula is C12H13N3O4S. The van der Waals surface area contributed by atoms with Crippen LogP contribution in [0.2, 0.25) is 0 Å². The lowest BCUT2D eigenvalue weighted by molar-refractivity contribution is 0.0685. The number of nitrogens with one attached hydrogen (secondary N) is 1. The zero-order valence-electron chi connectivity index (χ0n) is 10.6. The zero-order valence-corrected chi connectivity index (χ0v) is 11.5. The Morgan fingerprint density at radius 3 is 2.55 bits per heavy atom. The summed E-state index contributed by atoms with van der Waals surface area (Å²) in [4.78, 5) is 14.7. The van der Waals surface area contributed by atoms with Gasteiger partial charge in [-0.25, -0.2) is 13.2 Å². The van der Waals surface area contributed by atoms with Gasteiger partial charge in [-0.15, -0.1) is 0 Å².